The third-order valence-corrected chi connectivity index (χ3v) is 10.0. The van der Waals surface area contributed by atoms with Crippen molar-refractivity contribution in [2.75, 3.05) is 0 Å². The molecule has 3 saturated carbocycles. The van der Waals surface area contributed by atoms with Crippen LogP contribution in [0.25, 0.3) is 0 Å². The predicted octanol–water partition coefficient (Wildman–Crippen LogP) is 3.07. The van der Waals surface area contributed by atoms with Gasteiger partial charge < -0.3 is 0 Å². The maximum absolute atomic E-state index is 12.8. The zero-order valence-electron chi connectivity index (χ0n) is 10.5. The lowest BCUT2D eigenvalue weighted by Crippen LogP contribution is -2.46. The normalized spacial score (nSPS) is 55.3. The predicted molar refractivity (Wildman–Crippen MR) is 67.5 cm³/mol. The summed E-state index contributed by atoms with van der Waals surface area (Å²) in [6, 6.07) is 0. The van der Waals surface area contributed by atoms with E-state index < -0.39 is 9.84 Å². The Morgan fingerprint density at radius 2 is 1.18 bits per heavy atom. The van der Waals surface area contributed by atoms with Crippen molar-refractivity contribution in [3.8, 4) is 0 Å². The Hall–Kier alpha value is -0.0500. The van der Waals surface area contributed by atoms with Gasteiger partial charge in [-0.25, -0.2) is 8.42 Å². The van der Waals surface area contributed by atoms with E-state index in [9.17, 15) is 8.42 Å². The Bertz CT molecular complexity index is 419. The summed E-state index contributed by atoms with van der Waals surface area (Å²) in [5.74, 6) is 1.05. The summed E-state index contributed by atoms with van der Waals surface area (Å²) in [6.45, 7) is 0. The molecule has 0 amide bonds. The van der Waals surface area contributed by atoms with E-state index in [2.05, 4.69) is 0 Å². The number of hydrogen-bond donors (Lipinski definition) is 0. The van der Waals surface area contributed by atoms with Crippen LogP contribution in [-0.4, -0.2) is 17.9 Å². The molecule has 0 aromatic heterocycles. The Morgan fingerprint density at radius 1 is 0.706 bits per heavy atom. The molecule has 1 aliphatic heterocycles. The first-order valence-corrected chi connectivity index (χ1v) is 8.89. The molecule has 4 rings (SSSR count). The molecule has 3 aliphatic carbocycles. The van der Waals surface area contributed by atoms with E-state index in [1.807, 2.05) is 0 Å². The maximum Gasteiger partial charge on any atom is 0.165 e. The third-order valence-electron chi connectivity index (χ3n) is 6.52. The van der Waals surface area contributed by atoms with E-state index in [1.165, 1.54) is 38.5 Å². The van der Waals surface area contributed by atoms with E-state index in [4.69, 9.17) is 0 Å². The molecule has 1 heterocycles. The van der Waals surface area contributed by atoms with Crippen molar-refractivity contribution < 1.29 is 8.42 Å². The molecule has 1 saturated heterocycles. The minimum absolute atomic E-state index is 0.221. The molecule has 2 spiro atoms. The first-order chi connectivity index (χ1) is 8.17. The summed E-state index contributed by atoms with van der Waals surface area (Å²) in [5.41, 5.74) is 0. The fourth-order valence-corrected chi connectivity index (χ4v) is 9.97. The van der Waals surface area contributed by atoms with E-state index in [-0.39, 0.29) is 9.49 Å². The van der Waals surface area contributed by atoms with Gasteiger partial charge in [-0.05, 0) is 50.4 Å². The van der Waals surface area contributed by atoms with Crippen LogP contribution >= 0.6 is 0 Å². The van der Waals surface area contributed by atoms with Gasteiger partial charge in [0.15, 0.2) is 9.84 Å². The average molecular weight is 254 g/mol. The molecular weight excluding hydrogens is 232 g/mol. The van der Waals surface area contributed by atoms with E-state index >= 15 is 0 Å². The largest absolute Gasteiger partial charge is 0.228 e. The second-order valence-corrected chi connectivity index (χ2v) is 9.21. The fraction of sp³-hybridized carbons (Fsp3) is 1.00. The van der Waals surface area contributed by atoms with Crippen LogP contribution in [0.15, 0.2) is 0 Å². The van der Waals surface area contributed by atoms with Gasteiger partial charge in [-0.3, -0.25) is 0 Å². The summed E-state index contributed by atoms with van der Waals surface area (Å²) in [5, 5.41) is 0. The molecule has 3 heteroatoms. The van der Waals surface area contributed by atoms with Gasteiger partial charge in [0.1, 0.15) is 0 Å². The van der Waals surface area contributed by atoms with E-state index in [0.717, 1.165) is 25.7 Å². The summed E-state index contributed by atoms with van der Waals surface area (Å²) < 4.78 is 25.2. The molecule has 0 aromatic carbocycles. The summed E-state index contributed by atoms with van der Waals surface area (Å²) in [7, 11) is -2.78. The lowest BCUT2D eigenvalue weighted by molar-refractivity contribution is 0.120. The number of hydrogen-bond acceptors (Lipinski definition) is 2. The van der Waals surface area contributed by atoms with Gasteiger partial charge in [0.05, 0.1) is 9.49 Å². The quantitative estimate of drug-likeness (QED) is 0.623. The lowest BCUT2D eigenvalue weighted by Gasteiger charge is -2.43. The minimum atomic E-state index is -2.78. The van der Waals surface area contributed by atoms with Crippen molar-refractivity contribution in [3.05, 3.63) is 0 Å². The van der Waals surface area contributed by atoms with Crippen molar-refractivity contribution in [3.63, 3.8) is 0 Å². The molecule has 4 unspecified atom stereocenters. The topological polar surface area (TPSA) is 34.1 Å². The molecule has 4 aliphatic rings. The molecule has 0 radical (unpaired) electrons. The van der Waals surface area contributed by atoms with E-state index in [0.29, 0.717) is 11.8 Å². The molecule has 0 N–H and O–H groups in total. The number of rotatable bonds is 0. The third kappa shape index (κ3) is 0.924. The van der Waals surface area contributed by atoms with Gasteiger partial charge in [-0.2, -0.15) is 0 Å². The Morgan fingerprint density at radius 3 is 1.65 bits per heavy atom. The minimum Gasteiger partial charge on any atom is -0.228 e. The van der Waals surface area contributed by atoms with Crippen molar-refractivity contribution in [1.29, 1.82) is 0 Å². The van der Waals surface area contributed by atoms with Crippen LogP contribution in [0.2, 0.25) is 0 Å². The first kappa shape index (κ1) is 10.8. The average Bonchev–Trinajstić information content (AvgIpc) is 2.78. The molecule has 4 fully saturated rings. The van der Waals surface area contributed by atoms with Crippen LogP contribution in [0, 0.1) is 11.8 Å². The maximum atomic E-state index is 12.8. The lowest BCUT2D eigenvalue weighted by atomic mass is 9.58. The van der Waals surface area contributed by atoms with Gasteiger partial charge in [-0.1, -0.05) is 25.7 Å². The van der Waals surface area contributed by atoms with Gasteiger partial charge >= 0.3 is 0 Å². The van der Waals surface area contributed by atoms with Crippen molar-refractivity contribution in [2.45, 2.75) is 73.7 Å². The van der Waals surface area contributed by atoms with Gasteiger partial charge in [-0.15, -0.1) is 0 Å². The zero-order valence-corrected chi connectivity index (χ0v) is 11.3. The highest BCUT2D eigenvalue weighted by Gasteiger charge is 2.87. The molecule has 17 heavy (non-hydrogen) atoms. The van der Waals surface area contributed by atoms with Gasteiger partial charge in [0.25, 0.3) is 0 Å². The second kappa shape index (κ2) is 3.09. The van der Waals surface area contributed by atoms with Crippen LogP contribution in [-0.2, 0) is 9.84 Å². The van der Waals surface area contributed by atoms with E-state index in [1.54, 1.807) is 0 Å². The van der Waals surface area contributed by atoms with Crippen LogP contribution in [0.4, 0.5) is 0 Å². The molecule has 96 valence electrons. The molecule has 4 atom stereocenters. The Balaban J connectivity index is 1.87. The SMILES string of the molecule is O=S1(=O)C23CCCCC2CCC2CCCCC231. The molecular formula is C14H22O2S. The Labute approximate surface area is 104 Å². The highest BCUT2D eigenvalue weighted by molar-refractivity contribution is 8.02. The standard InChI is InChI=1S/C14H22O2S/c15-17(16)13-9-3-1-5-11(13)7-8-12-6-2-4-10-14(12,13)17/h11-12H,1-10H2. The Kier molecular flexibility index (Phi) is 1.97. The van der Waals surface area contributed by atoms with Crippen LogP contribution in [0.3, 0.4) is 0 Å². The highest BCUT2D eigenvalue weighted by atomic mass is 32.2. The smallest absolute Gasteiger partial charge is 0.165 e. The first-order valence-electron chi connectivity index (χ1n) is 7.41. The van der Waals surface area contributed by atoms with Crippen molar-refractivity contribution >= 4 is 9.84 Å². The van der Waals surface area contributed by atoms with Gasteiger partial charge in [0, 0.05) is 0 Å². The summed E-state index contributed by atoms with van der Waals surface area (Å²) in [4.78, 5) is 0. The molecule has 0 aromatic rings. The van der Waals surface area contributed by atoms with Crippen LogP contribution in [0.1, 0.15) is 64.2 Å². The van der Waals surface area contributed by atoms with Crippen molar-refractivity contribution in [1.82, 2.24) is 0 Å². The molecule has 0 bridgehead atoms. The second-order valence-electron chi connectivity index (χ2n) is 6.75. The zero-order chi connectivity index (χ0) is 11.7. The highest BCUT2D eigenvalue weighted by Crippen LogP contribution is 2.75. The van der Waals surface area contributed by atoms with Crippen molar-refractivity contribution in [2.24, 2.45) is 11.8 Å². The molecule has 2 nitrogen and oxygen atoms in total. The fourth-order valence-electron chi connectivity index (χ4n) is 5.96. The van der Waals surface area contributed by atoms with Crippen LogP contribution < -0.4 is 0 Å². The monoisotopic (exact) mass is 254 g/mol. The van der Waals surface area contributed by atoms with Crippen LogP contribution in [0.5, 0.6) is 0 Å². The number of sulfone groups is 1. The summed E-state index contributed by atoms with van der Waals surface area (Å²) in [6.07, 6.45) is 11.6. The van der Waals surface area contributed by atoms with Gasteiger partial charge in [0.2, 0.25) is 0 Å². The summed E-state index contributed by atoms with van der Waals surface area (Å²) >= 11 is 0.